The molecule has 0 aliphatic carbocycles. The number of halogens is 2. The lowest BCUT2D eigenvalue weighted by molar-refractivity contribution is 0.211. The van der Waals surface area contributed by atoms with Gasteiger partial charge in [-0.15, -0.1) is 23.2 Å². The minimum absolute atomic E-state index is 0.197. The molecule has 0 aliphatic rings. The molecule has 1 unspecified atom stereocenters. The average Bonchev–Trinajstić information content (AvgIpc) is 2.94. The number of aromatic nitrogens is 2. The molecule has 0 radical (unpaired) electrons. The summed E-state index contributed by atoms with van der Waals surface area (Å²) in [5.74, 6) is 1.30. The number of anilines is 1. The van der Waals surface area contributed by atoms with Gasteiger partial charge in [-0.3, -0.25) is 0 Å². The van der Waals surface area contributed by atoms with Crippen molar-refractivity contribution in [2.45, 2.75) is 12.0 Å². The lowest BCUT2D eigenvalue weighted by Gasteiger charge is -2.09. The first kappa shape index (κ1) is 14.1. The molecule has 0 fully saturated rings. The van der Waals surface area contributed by atoms with Gasteiger partial charge in [0, 0.05) is 17.8 Å². The molecule has 2 rings (SSSR count). The van der Waals surface area contributed by atoms with E-state index in [-0.39, 0.29) is 11.8 Å². The Kier molecular flexibility index (Phi) is 5.01. The zero-order valence-electron chi connectivity index (χ0n) is 10.0. The van der Waals surface area contributed by atoms with Gasteiger partial charge in [0.2, 0.25) is 11.7 Å². The highest BCUT2D eigenvalue weighted by atomic mass is 35.5. The highest BCUT2D eigenvalue weighted by Crippen LogP contribution is 2.19. The first-order valence-corrected chi connectivity index (χ1v) is 6.76. The molecule has 1 heterocycles. The number of aliphatic hydroxyl groups is 1. The molecule has 0 bridgehead atoms. The van der Waals surface area contributed by atoms with E-state index < -0.39 is 6.10 Å². The number of rotatable bonds is 6. The van der Waals surface area contributed by atoms with Crippen LogP contribution in [0.3, 0.4) is 0 Å². The number of alkyl halides is 2. The number of benzene rings is 1. The van der Waals surface area contributed by atoms with E-state index >= 15 is 0 Å². The van der Waals surface area contributed by atoms with E-state index in [4.69, 9.17) is 27.7 Å². The third-order valence-electron chi connectivity index (χ3n) is 2.45. The predicted octanol–water partition coefficient (Wildman–Crippen LogP) is 2.49. The van der Waals surface area contributed by atoms with Crippen LogP contribution in [0.2, 0.25) is 0 Å². The zero-order chi connectivity index (χ0) is 13.7. The number of hydrogen-bond acceptors (Lipinski definition) is 5. The van der Waals surface area contributed by atoms with E-state index in [1.54, 1.807) is 0 Å². The maximum atomic E-state index is 9.34. The second kappa shape index (κ2) is 6.75. The lowest BCUT2D eigenvalue weighted by Crippen LogP contribution is -2.20. The zero-order valence-corrected chi connectivity index (χ0v) is 11.5. The van der Waals surface area contributed by atoms with Crippen molar-refractivity contribution in [1.82, 2.24) is 10.1 Å². The van der Waals surface area contributed by atoms with E-state index in [1.165, 1.54) is 0 Å². The van der Waals surface area contributed by atoms with Crippen LogP contribution >= 0.6 is 23.2 Å². The Morgan fingerprint density at radius 1 is 1.26 bits per heavy atom. The van der Waals surface area contributed by atoms with Crippen LogP contribution < -0.4 is 5.32 Å². The van der Waals surface area contributed by atoms with Gasteiger partial charge in [-0.05, 0) is 24.3 Å². The molecule has 5 nitrogen and oxygen atoms in total. The summed E-state index contributed by atoms with van der Waals surface area (Å²) in [6.07, 6.45) is -0.565. The first-order valence-electron chi connectivity index (χ1n) is 5.70. The summed E-state index contributed by atoms with van der Waals surface area (Å²) in [4.78, 5) is 4.13. The van der Waals surface area contributed by atoms with E-state index in [9.17, 15) is 5.11 Å². The Morgan fingerprint density at radius 3 is 2.58 bits per heavy atom. The largest absolute Gasteiger partial charge is 0.390 e. The van der Waals surface area contributed by atoms with E-state index in [1.807, 2.05) is 24.3 Å². The molecule has 1 aromatic carbocycles. The van der Waals surface area contributed by atoms with Crippen LogP contribution in [0.5, 0.6) is 0 Å². The summed E-state index contributed by atoms with van der Waals surface area (Å²) in [5.41, 5.74) is 1.72. The molecular weight excluding hydrogens is 289 g/mol. The van der Waals surface area contributed by atoms with Crippen molar-refractivity contribution in [2.75, 3.05) is 17.7 Å². The van der Waals surface area contributed by atoms with Crippen molar-refractivity contribution < 1.29 is 9.63 Å². The van der Waals surface area contributed by atoms with Crippen LogP contribution in [0.15, 0.2) is 28.8 Å². The smallest absolute Gasteiger partial charge is 0.241 e. The van der Waals surface area contributed by atoms with E-state index in [0.29, 0.717) is 18.3 Å². The Morgan fingerprint density at radius 2 is 2.00 bits per heavy atom. The van der Waals surface area contributed by atoms with Crippen molar-refractivity contribution >= 4 is 28.9 Å². The number of nitrogens with zero attached hydrogens (tertiary/aromatic N) is 2. The van der Waals surface area contributed by atoms with Crippen LogP contribution in [0, 0.1) is 0 Å². The monoisotopic (exact) mass is 301 g/mol. The maximum absolute atomic E-state index is 9.34. The van der Waals surface area contributed by atoms with Crippen LogP contribution in [0.4, 0.5) is 5.69 Å². The Hall–Kier alpha value is -1.30. The van der Waals surface area contributed by atoms with E-state index in [2.05, 4.69) is 15.5 Å². The Balaban J connectivity index is 2.01. The maximum Gasteiger partial charge on any atom is 0.241 e. The topological polar surface area (TPSA) is 71.2 Å². The standard InChI is InChI=1S/C12H13Cl2N3O2/c13-5-10(18)7-15-9-3-1-8(2-4-9)12-16-11(6-14)19-17-12/h1-4,10,15,18H,5-7H2. The third kappa shape index (κ3) is 3.83. The van der Waals surface area contributed by atoms with Crippen molar-refractivity contribution in [2.24, 2.45) is 0 Å². The normalized spacial score (nSPS) is 12.4. The van der Waals surface area contributed by atoms with Gasteiger partial charge in [0.15, 0.2) is 0 Å². The fourth-order valence-electron chi connectivity index (χ4n) is 1.45. The quantitative estimate of drug-likeness (QED) is 0.802. The van der Waals surface area contributed by atoms with Crippen molar-refractivity contribution in [1.29, 1.82) is 0 Å². The summed E-state index contributed by atoms with van der Waals surface area (Å²) in [6.45, 7) is 0.404. The van der Waals surface area contributed by atoms with Crippen LogP contribution in [0.25, 0.3) is 11.4 Å². The molecule has 2 aromatic rings. The number of aliphatic hydroxyl groups excluding tert-OH is 1. The van der Waals surface area contributed by atoms with Gasteiger partial charge >= 0.3 is 0 Å². The van der Waals surface area contributed by atoms with Gasteiger partial charge in [0.1, 0.15) is 5.88 Å². The molecular formula is C12H13Cl2N3O2. The highest BCUT2D eigenvalue weighted by molar-refractivity contribution is 6.18. The van der Waals surface area contributed by atoms with Gasteiger partial charge in [0.25, 0.3) is 0 Å². The minimum atomic E-state index is -0.565. The SMILES string of the molecule is OC(CCl)CNc1ccc(-c2noc(CCl)n2)cc1. The molecule has 1 aromatic heterocycles. The van der Waals surface area contributed by atoms with Crippen molar-refractivity contribution in [3.8, 4) is 11.4 Å². The molecule has 7 heteroatoms. The molecule has 2 N–H and O–H groups in total. The Bertz CT molecular complexity index is 516. The molecule has 0 amide bonds. The summed E-state index contributed by atoms with van der Waals surface area (Å²) < 4.78 is 4.94. The second-order valence-electron chi connectivity index (χ2n) is 3.91. The molecule has 1 atom stereocenters. The predicted molar refractivity (Wildman–Crippen MR) is 74.5 cm³/mol. The molecule has 0 saturated heterocycles. The first-order chi connectivity index (χ1) is 9.22. The van der Waals surface area contributed by atoms with Gasteiger partial charge in [-0.25, -0.2) is 0 Å². The van der Waals surface area contributed by atoms with Gasteiger partial charge in [-0.1, -0.05) is 5.16 Å². The average molecular weight is 302 g/mol. The van der Waals surface area contributed by atoms with Gasteiger partial charge < -0.3 is 14.9 Å². The highest BCUT2D eigenvalue weighted by Gasteiger charge is 2.07. The number of nitrogens with one attached hydrogen (secondary N) is 1. The van der Waals surface area contributed by atoms with Crippen LogP contribution in [-0.4, -0.2) is 33.8 Å². The van der Waals surface area contributed by atoms with Crippen molar-refractivity contribution in [3.05, 3.63) is 30.2 Å². The molecule has 0 saturated carbocycles. The fourth-order valence-corrected chi connectivity index (χ4v) is 1.67. The summed E-state index contributed by atoms with van der Waals surface area (Å²) in [5, 5.41) is 16.2. The van der Waals surface area contributed by atoms with Gasteiger partial charge in [-0.2, -0.15) is 4.98 Å². The van der Waals surface area contributed by atoms with E-state index in [0.717, 1.165) is 11.3 Å². The van der Waals surface area contributed by atoms with Crippen molar-refractivity contribution in [3.63, 3.8) is 0 Å². The van der Waals surface area contributed by atoms with Crippen LogP contribution in [0.1, 0.15) is 5.89 Å². The summed E-state index contributed by atoms with van der Waals surface area (Å²) >= 11 is 11.1. The lowest BCUT2D eigenvalue weighted by atomic mass is 10.2. The molecule has 19 heavy (non-hydrogen) atoms. The summed E-state index contributed by atoms with van der Waals surface area (Å²) in [7, 11) is 0. The number of hydrogen-bond donors (Lipinski definition) is 2. The Labute approximate surface area is 120 Å². The fraction of sp³-hybridized carbons (Fsp3) is 0.333. The third-order valence-corrected chi connectivity index (χ3v) is 3.03. The summed E-state index contributed by atoms with van der Waals surface area (Å²) in [6, 6.07) is 7.45. The second-order valence-corrected chi connectivity index (χ2v) is 4.49. The van der Waals surface area contributed by atoms with Gasteiger partial charge in [0.05, 0.1) is 12.0 Å². The molecule has 102 valence electrons. The minimum Gasteiger partial charge on any atom is -0.390 e. The molecule has 0 spiro atoms. The molecule has 0 aliphatic heterocycles. The van der Waals surface area contributed by atoms with Crippen LogP contribution in [-0.2, 0) is 5.88 Å².